The predicted octanol–water partition coefficient (Wildman–Crippen LogP) is 4.95. The van der Waals surface area contributed by atoms with E-state index in [0.29, 0.717) is 35.2 Å². The minimum atomic E-state index is 0.0921. The topological polar surface area (TPSA) is 121 Å². The number of para-hydroxylation sites is 1. The second-order valence-corrected chi connectivity index (χ2v) is 12.5. The largest absolute Gasteiger partial charge is 0.489 e. The number of nitrogens with two attached hydrogens (primary N) is 1. The van der Waals surface area contributed by atoms with Gasteiger partial charge in [0.25, 0.3) is 0 Å². The van der Waals surface area contributed by atoms with Crippen LogP contribution in [0.3, 0.4) is 0 Å². The van der Waals surface area contributed by atoms with Gasteiger partial charge < -0.3 is 34.5 Å². The first kappa shape index (κ1) is 28.8. The van der Waals surface area contributed by atoms with E-state index in [1.165, 1.54) is 0 Å². The molecule has 44 heavy (non-hydrogen) atoms. The van der Waals surface area contributed by atoms with Gasteiger partial charge in [-0.3, -0.25) is 0 Å². The Morgan fingerprint density at radius 1 is 0.932 bits per heavy atom. The van der Waals surface area contributed by atoms with E-state index in [0.717, 1.165) is 65.2 Å². The molecule has 0 spiro atoms. The average molecular weight is 708 g/mol. The number of rotatable bonds is 10. The molecule has 2 unspecified atom stereocenters. The van der Waals surface area contributed by atoms with Crippen LogP contribution in [-0.4, -0.2) is 71.4 Å². The van der Waals surface area contributed by atoms with Gasteiger partial charge in [-0.05, 0) is 71.8 Å². The van der Waals surface area contributed by atoms with Crippen LogP contribution in [-0.2, 0) is 4.74 Å². The summed E-state index contributed by atoms with van der Waals surface area (Å²) >= 11 is 2.19. The van der Waals surface area contributed by atoms with Gasteiger partial charge in [0.1, 0.15) is 27.4 Å². The third-order valence-electron chi connectivity index (χ3n) is 8.48. The fourth-order valence-electron chi connectivity index (χ4n) is 6.35. The zero-order valence-corrected chi connectivity index (χ0v) is 26.5. The standard InChI is InChI=1S/C32H34IN7O4/c1-41-19-42-29-5-3-2-4-26(29)27-15-28(32(34)38-37-27)39-17-21-6-7-22(18-39)40(21)20-10-11-35-31(12-20)44-25-13-24(14-25)43-23-8-9-30(33)36-16-23/h2-5,8-12,15-16,21-22,24-25H,6-7,13-14,17-19H2,1H3,(H2,34,38)/t21?,22?,24-,25-. The molecule has 12 heteroatoms. The highest BCUT2D eigenvalue weighted by Gasteiger charge is 2.41. The molecule has 2 atom stereocenters. The van der Waals surface area contributed by atoms with Gasteiger partial charge in [0, 0.05) is 68.6 Å². The maximum Gasteiger partial charge on any atom is 0.215 e. The molecule has 2 bridgehead atoms. The molecule has 4 aromatic rings. The summed E-state index contributed by atoms with van der Waals surface area (Å²) in [4.78, 5) is 13.7. The third kappa shape index (κ3) is 6.05. The molecule has 7 rings (SSSR count). The number of piperazine rings is 1. The fraction of sp³-hybridized carbons (Fsp3) is 0.375. The van der Waals surface area contributed by atoms with Crippen molar-refractivity contribution in [2.24, 2.45) is 0 Å². The van der Waals surface area contributed by atoms with Gasteiger partial charge in [0.2, 0.25) is 5.88 Å². The number of ether oxygens (including phenoxy) is 4. The summed E-state index contributed by atoms with van der Waals surface area (Å²) in [5, 5.41) is 8.73. The van der Waals surface area contributed by atoms with Crippen molar-refractivity contribution in [1.29, 1.82) is 0 Å². The van der Waals surface area contributed by atoms with Gasteiger partial charge in [-0.1, -0.05) is 12.1 Å². The van der Waals surface area contributed by atoms with E-state index in [9.17, 15) is 0 Å². The minimum absolute atomic E-state index is 0.0921. The number of benzene rings is 1. The van der Waals surface area contributed by atoms with E-state index in [4.69, 9.17) is 24.7 Å². The Labute approximate surface area is 269 Å². The van der Waals surface area contributed by atoms with Crippen LogP contribution in [0.25, 0.3) is 11.3 Å². The lowest BCUT2D eigenvalue weighted by Gasteiger charge is -2.43. The Balaban J connectivity index is 1.01. The van der Waals surface area contributed by atoms with Crippen LogP contribution in [0.4, 0.5) is 17.2 Å². The zero-order valence-electron chi connectivity index (χ0n) is 24.4. The van der Waals surface area contributed by atoms with Gasteiger partial charge in [0.15, 0.2) is 12.6 Å². The van der Waals surface area contributed by atoms with E-state index in [2.05, 4.69) is 64.7 Å². The van der Waals surface area contributed by atoms with Crippen LogP contribution in [0.15, 0.2) is 67.0 Å². The minimum Gasteiger partial charge on any atom is -0.489 e. The number of nitrogens with zero attached hydrogens (tertiary/aromatic N) is 6. The van der Waals surface area contributed by atoms with Crippen LogP contribution >= 0.6 is 22.6 Å². The van der Waals surface area contributed by atoms with Gasteiger partial charge in [-0.2, -0.15) is 0 Å². The number of pyridine rings is 2. The van der Waals surface area contributed by atoms with E-state index < -0.39 is 0 Å². The summed E-state index contributed by atoms with van der Waals surface area (Å²) in [5.74, 6) is 2.57. The van der Waals surface area contributed by atoms with E-state index in [1.54, 1.807) is 13.3 Å². The first-order valence-electron chi connectivity index (χ1n) is 14.8. The molecule has 0 amide bonds. The molecule has 3 fully saturated rings. The Bertz CT molecular complexity index is 1590. The Hall–Kier alpha value is -3.91. The molecule has 1 saturated carbocycles. The van der Waals surface area contributed by atoms with E-state index in [-0.39, 0.29) is 19.0 Å². The number of nitrogen functional groups attached to an aromatic ring is 1. The Kier molecular flexibility index (Phi) is 8.26. The molecule has 1 aromatic carbocycles. The normalized spacial score (nSPS) is 22.4. The third-order valence-corrected chi connectivity index (χ3v) is 9.12. The van der Waals surface area contributed by atoms with Crippen molar-refractivity contribution in [3.8, 4) is 28.6 Å². The van der Waals surface area contributed by atoms with Crippen molar-refractivity contribution in [3.05, 3.63) is 70.7 Å². The average Bonchev–Trinajstić information content (AvgIpc) is 3.29. The number of aromatic nitrogens is 4. The summed E-state index contributed by atoms with van der Waals surface area (Å²) < 4.78 is 24.1. The van der Waals surface area contributed by atoms with Crippen LogP contribution in [0.2, 0.25) is 0 Å². The van der Waals surface area contributed by atoms with Crippen molar-refractivity contribution in [2.75, 3.05) is 42.5 Å². The molecule has 2 aliphatic heterocycles. The number of methoxy groups -OCH3 is 1. The lowest BCUT2D eigenvalue weighted by molar-refractivity contribution is 0.00209. The molecule has 1 aliphatic carbocycles. The van der Waals surface area contributed by atoms with Crippen LogP contribution < -0.4 is 29.7 Å². The summed E-state index contributed by atoms with van der Waals surface area (Å²) in [6.45, 7) is 1.82. The number of hydrogen-bond acceptors (Lipinski definition) is 11. The summed E-state index contributed by atoms with van der Waals surface area (Å²) in [6, 6.07) is 18.5. The SMILES string of the molecule is COCOc1ccccc1-c1cc(N2CC3CCC(C2)N3c2ccnc(O[C@H]3C[C@H](Oc4ccc(I)nc4)C3)c2)c(N)nn1. The molecule has 2 saturated heterocycles. The Morgan fingerprint density at radius 3 is 2.50 bits per heavy atom. The van der Waals surface area contributed by atoms with Crippen molar-refractivity contribution in [3.63, 3.8) is 0 Å². The lowest BCUT2D eigenvalue weighted by atomic mass is 9.92. The van der Waals surface area contributed by atoms with E-state index in [1.807, 2.05) is 48.7 Å². The highest BCUT2D eigenvalue weighted by Crippen LogP contribution is 2.40. The van der Waals surface area contributed by atoms with E-state index >= 15 is 0 Å². The molecule has 0 radical (unpaired) electrons. The molecule has 11 nitrogen and oxygen atoms in total. The number of anilines is 3. The number of halogens is 1. The van der Waals surface area contributed by atoms with Crippen LogP contribution in [0.5, 0.6) is 17.4 Å². The monoisotopic (exact) mass is 707 g/mol. The maximum atomic E-state index is 6.40. The smallest absolute Gasteiger partial charge is 0.215 e. The molecule has 5 heterocycles. The van der Waals surface area contributed by atoms with Crippen molar-refractivity contribution >= 4 is 39.8 Å². The van der Waals surface area contributed by atoms with Crippen molar-refractivity contribution < 1.29 is 18.9 Å². The lowest BCUT2D eigenvalue weighted by Crippen LogP contribution is -2.54. The predicted molar refractivity (Wildman–Crippen MR) is 175 cm³/mol. The second kappa shape index (κ2) is 12.6. The molecule has 228 valence electrons. The zero-order chi connectivity index (χ0) is 30.0. The quantitative estimate of drug-likeness (QED) is 0.137. The summed E-state index contributed by atoms with van der Waals surface area (Å²) in [7, 11) is 1.60. The van der Waals surface area contributed by atoms with Gasteiger partial charge in [-0.15, -0.1) is 10.2 Å². The molecular formula is C32H34IN7O4. The first-order chi connectivity index (χ1) is 21.5. The van der Waals surface area contributed by atoms with Crippen molar-refractivity contribution in [1.82, 2.24) is 20.2 Å². The maximum absolute atomic E-state index is 6.40. The van der Waals surface area contributed by atoms with Gasteiger partial charge in [-0.25, -0.2) is 9.97 Å². The summed E-state index contributed by atoms with van der Waals surface area (Å²) in [5.41, 5.74) is 10.0. The first-order valence-corrected chi connectivity index (χ1v) is 15.9. The molecule has 3 aromatic heterocycles. The van der Waals surface area contributed by atoms with Gasteiger partial charge >= 0.3 is 0 Å². The second-order valence-electron chi connectivity index (χ2n) is 11.4. The number of fused-ring (bicyclic) bond motifs is 2. The molecular weight excluding hydrogens is 673 g/mol. The highest BCUT2D eigenvalue weighted by atomic mass is 127. The highest BCUT2D eigenvalue weighted by molar-refractivity contribution is 14.1. The number of hydrogen-bond donors (Lipinski definition) is 1. The van der Waals surface area contributed by atoms with Crippen LogP contribution in [0.1, 0.15) is 25.7 Å². The van der Waals surface area contributed by atoms with Crippen LogP contribution in [0, 0.1) is 3.70 Å². The van der Waals surface area contributed by atoms with Gasteiger partial charge in [0.05, 0.1) is 17.6 Å². The molecule has 3 aliphatic rings. The Morgan fingerprint density at radius 2 is 1.73 bits per heavy atom. The fourth-order valence-corrected chi connectivity index (χ4v) is 6.67. The summed E-state index contributed by atoms with van der Waals surface area (Å²) in [6.07, 6.45) is 7.71. The molecule has 2 N–H and O–H groups in total. The van der Waals surface area contributed by atoms with Crippen molar-refractivity contribution in [2.45, 2.75) is 50.0 Å².